The Morgan fingerprint density at radius 1 is 1.31 bits per heavy atom. The van der Waals surface area contributed by atoms with Gasteiger partial charge >= 0.3 is 0 Å². The van der Waals surface area contributed by atoms with Crippen LogP contribution in [0.25, 0.3) is 0 Å². The minimum atomic E-state index is -1.31. The Morgan fingerprint density at radius 3 is 2.69 bits per heavy atom. The molecule has 2 aliphatic heterocycles. The highest BCUT2D eigenvalue weighted by atomic mass is 32.2. The molecule has 1 amide bonds. The summed E-state index contributed by atoms with van der Waals surface area (Å²) in [5.41, 5.74) is -0.647. The van der Waals surface area contributed by atoms with Crippen molar-refractivity contribution < 1.29 is 24.9 Å². The maximum Gasteiger partial charge on any atom is 0.237 e. The number of ether oxygens (including phenoxy) is 1. The molecule has 0 bridgehead atoms. The highest BCUT2D eigenvalue weighted by Crippen LogP contribution is 2.34. The quantitative estimate of drug-likeness (QED) is 0.443. The largest absolute Gasteiger partial charge is 0.388 e. The minimum Gasteiger partial charge on any atom is -0.388 e. The van der Waals surface area contributed by atoms with Gasteiger partial charge in [-0.05, 0) is 50.8 Å². The number of nitrogens with zero attached hydrogens (tertiary/aromatic N) is 1. The van der Waals surface area contributed by atoms with Crippen LogP contribution in [0.2, 0.25) is 0 Å². The third-order valence-corrected chi connectivity index (χ3v) is 7.50. The van der Waals surface area contributed by atoms with E-state index >= 15 is 0 Å². The molecule has 8 heteroatoms. The summed E-state index contributed by atoms with van der Waals surface area (Å²) < 4.78 is 6.00. The molecule has 0 aromatic carbocycles. The predicted octanol–water partition coefficient (Wildman–Crippen LogP) is 0.728. The van der Waals surface area contributed by atoms with E-state index in [2.05, 4.69) is 29.3 Å². The van der Waals surface area contributed by atoms with Gasteiger partial charge in [0, 0.05) is 6.54 Å². The number of likely N-dealkylation sites (N-methyl/N-ethyl adjacent to an activating group) is 1. The van der Waals surface area contributed by atoms with Crippen LogP contribution in [-0.2, 0) is 9.53 Å². The number of thioether (sulfide) groups is 1. The molecule has 9 atom stereocenters. The molecule has 166 valence electrons. The summed E-state index contributed by atoms with van der Waals surface area (Å²) in [5.74, 6) is 0.509. The Labute approximate surface area is 177 Å². The number of carbonyl (C=O) groups excluding carboxylic acids is 1. The fourth-order valence-corrected chi connectivity index (χ4v) is 5.72. The van der Waals surface area contributed by atoms with Crippen LogP contribution in [0.5, 0.6) is 0 Å². The number of allylic oxidation sites excluding steroid dienone is 1. The van der Waals surface area contributed by atoms with Gasteiger partial charge in [0.25, 0.3) is 0 Å². The Morgan fingerprint density at radius 2 is 2.07 bits per heavy atom. The van der Waals surface area contributed by atoms with E-state index in [0.717, 1.165) is 38.6 Å². The highest BCUT2D eigenvalue weighted by molar-refractivity contribution is 7.99. The van der Waals surface area contributed by atoms with Gasteiger partial charge in [0.1, 0.15) is 29.9 Å². The van der Waals surface area contributed by atoms with Crippen LogP contribution in [-0.4, -0.2) is 87.9 Å². The van der Waals surface area contributed by atoms with E-state index in [1.54, 1.807) is 6.26 Å². The lowest BCUT2D eigenvalue weighted by atomic mass is 9.86. The van der Waals surface area contributed by atoms with E-state index in [1.165, 1.54) is 11.8 Å². The molecule has 0 spiro atoms. The number of aliphatic hydroxyl groups is 3. The second-order valence-electron chi connectivity index (χ2n) is 8.73. The number of hydrogen-bond donors (Lipinski definition) is 4. The number of hydrogen-bond acceptors (Lipinski definition) is 7. The van der Waals surface area contributed by atoms with Gasteiger partial charge in [-0.15, -0.1) is 11.8 Å². The maximum atomic E-state index is 13.2. The molecule has 2 fully saturated rings. The van der Waals surface area contributed by atoms with Crippen LogP contribution < -0.4 is 5.32 Å². The van der Waals surface area contributed by atoms with Gasteiger partial charge in [-0.25, -0.2) is 0 Å². The van der Waals surface area contributed by atoms with Crippen LogP contribution in [0.3, 0.4) is 0 Å². The molecule has 0 aromatic heterocycles. The fraction of sp³-hybridized carbons (Fsp3) is 0.857. The molecule has 0 saturated carbocycles. The van der Waals surface area contributed by atoms with E-state index in [-0.39, 0.29) is 17.9 Å². The first-order valence-corrected chi connectivity index (χ1v) is 12.1. The van der Waals surface area contributed by atoms with E-state index in [4.69, 9.17) is 4.74 Å². The van der Waals surface area contributed by atoms with Gasteiger partial charge < -0.3 is 25.4 Å². The smallest absolute Gasteiger partial charge is 0.237 e. The van der Waals surface area contributed by atoms with Crippen LogP contribution in [0.4, 0.5) is 0 Å². The number of nitrogens with one attached hydrogen (secondary N) is 1. The lowest BCUT2D eigenvalue weighted by Crippen LogP contribution is -2.64. The van der Waals surface area contributed by atoms with Crippen LogP contribution in [0.1, 0.15) is 39.0 Å². The van der Waals surface area contributed by atoms with Crippen LogP contribution in [0, 0.1) is 11.8 Å². The first-order chi connectivity index (χ1) is 13.9. The molecule has 3 rings (SSSR count). The van der Waals surface area contributed by atoms with E-state index in [0.29, 0.717) is 5.92 Å². The van der Waals surface area contributed by atoms with Crippen molar-refractivity contribution in [1.82, 2.24) is 10.2 Å². The van der Waals surface area contributed by atoms with Crippen molar-refractivity contribution in [3.8, 4) is 0 Å². The number of amides is 1. The Kier molecular flexibility index (Phi) is 8.03. The molecule has 3 aliphatic rings. The summed E-state index contributed by atoms with van der Waals surface area (Å²) >= 11 is 1.29. The first kappa shape index (κ1) is 23.0. The molecule has 29 heavy (non-hydrogen) atoms. The van der Waals surface area contributed by atoms with Crippen LogP contribution in [0.15, 0.2) is 12.2 Å². The molecule has 7 nitrogen and oxygen atoms in total. The average Bonchev–Trinajstić information content (AvgIpc) is 3.35. The zero-order valence-corrected chi connectivity index (χ0v) is 18.4. The summed E-state index contributed by atoms with van der Waals surface area (Å²) in [4.78, 5) is 15.3. The van der Waals surface area contributed by atoms with Crippen LogP contribution >= 0.6 is 11.8 Å². The SMILES string of the molecule is CCC[C@@H]1C[C@@H](C(=O)N[C@@H]([C@H]2OC(SC)[C@H](O)C(O)[C@@H]2O)[C@H]2C=CCC2)N(C)C1. The Hall–Kier alpha value is -0.640. The standard InChI is InChI=1S/C21H36N2O5S/c1-4-7-12-10-14(23(2)11-12)20(27)22-15(13-8-5-6-9-13)19-17(25)16(24)18(26)21(28-19)29-3/h5,8,12-19,21,24-26H,4,6-7,9-11H2,1-3H3,(H,22,27)/t12-,13+,14+,15-,16?,17+,18-,19-,21?/m1/s1. The van der Waals surface area contributed by atoms with Gasteiger partial charge in [0.2, 0.25) is 5.91 Å². The molecule has 0 radical (unpaired) electrons. The lowest BCUT2D eigenvalue weighted by molar-refractivity contribution is -0.207. The predicted molar refractivity (Wildman–Crippen MR) is 113 cm³/mol. The summed E-state index contributed by atoms with van der Waals surface area (Å²) in [6, 6.07) is -0.640. The summed E-state index contributed by atoms with van der Waals surface area (Å²) in [7, 11) is 1.99. The second-order valence-corrected chi connectivity index (χ2v) is 9.66. The van der Waals surface area contributed by atoms with Gasteiger partial charge in [-0.1, -0.05) is 25.5 Å². The maximum absolute atomic E-state index is 13.2. The number of aliphatic hydroxyl groups excluding tert-OH is 3. The molecule has 0 aromatic rings. The monoisotopic (exact) mass is 428 g/mol. The lowest BCUT2D eigenvalue weighted by Gasteiger charge is -2.44. The topological polar surface area (TPSA) is 102 Å². The highest BCUT2D eigenvalue weighted by Gasteiger charge is 2.49. The minimum absolute atomic E-state index is 0.0293. The summed E-state index contributed by atoms with van der Waals surface area (Å²) in [5, 5.41) is 34.4. The van der Waals surface area contributed by atoms with Gasteiger partial charge in [-0.2, -0.15) is 0 Å². The zero-order valence-electron chi connectivity index (χ0n) is 17.6. The zero-order chi connectivity index (χ0) is 21.1. The van der Waals surface area contributed by atoms with Gasteiger partial charge in [0.15, 0.2) is 0 Å². The fourth-order valence-electron chi connectivity index (χ4n) is 5.04. The molecule has 2 unspecified atom stereocenters. The van der Waals surface area contributed by atoms with Crippen molar-refractivity contribution >= 4 is 17.7 Å². The third-order valence-electron chi connectivity index (χ3n) is 6.65. The van der Waals surface area contributed by atoms with E-state index in [1.807, 2.05) is 7.05 Å². The first-order valence-electron chi connectivity index (χ1n) is 10.8. The van der Waals surface area contributed by atoms with E-state index < -0.39 is 35.9 Å². The molecular formula is C21H36N2O5S. The second kappa shape index (κ2) is 10.1. The molecule has 4 N–H and O–H groups in total. The van der Waals surface area contributed by atoms with Crippen molar-refractivity contribution in [2.75, 3.05) is 19.8 Å². The number of likely N-dealkylation sites (tertiary alicyclic amines) is 1. The average molecular weight is 429 g/mol. The molecule has 2 saturated heterocycles. The van der Waals surface area contributed by atoms with Gasteiger partial charge in [0.05, 0.1) is 12.1 Å². The van der Waals surface area contributed by atoms with E-state index in [9.17, 15) is 20.1 Å². The van der Waals surface area contributed by atoms with Crippen molar-refractivity contribution in [1.29, 1.82) is 0 Å². The Balaban J connectivity index is 1.75. The van der Waals surface area contributed by atoms with Crippen molar-refractivity contribution in [2.45, 2.75) is 81.0 Å². The normalized spacial score (nSPS) is 41.6. The summed E-state index contributed by atoms with van der Waals surface area (Å²) in [6.45, 7) is 3.08. The Bertz CT molecular complexity index is 589. The van der Waals surface area contributed by atoms with Crippen molar-refractivity contribution in [2.24, 2.45) is 11.8 Å². The summed E-state index contributed by atoms with van der Waals surface area (Å²) in [6.07, 6.45) is 6.27. The van der Waals surface area contributed by atoms with Crippen molar-refractivity contribution in [3.63, 3.8) is 0 Å². The third kappa shape index (κ3) is 4.99. The molecule has 2 heterocycles. The number of carbonyl (C=O) groups is 1. The van der Waals surface area contributed by atoms with Gasteiger partial charge in [-0.3, -0.25) is 9.69 Å². The number of rotatable bonds is 7. The van der Waals surface area contributed by atoms with Crippen molar-refractivity contribution in [3.05, 3.63) is 12.2 Å². The molecular weight excluding hydrogens is 392 g/mol. The molecule has 1 aliphatic carbocycles.